The molecule has 1 aliphatic rings. The first-order valence-corrected chi connectivity index (χ1v) is 7.87. The summed E-state index contributed by atoms with van der Waals surface area (Å²) < 4.78 is 5.18. The van der Waals surface area contributed by atoms with Gasteiger partial charge < -0.3 is 10.1 Å². The van der Waals surface area contributed by atoms with Gasteiger partial charge >= 0.3 is 0 Å². The molecule has 1 saturated heterocycles. The number of hydrogen-bond acceptors (Lipinski definition) is 6. The molecule has 0 aliphatic carbocycles. The molecule has 1 aromatic rings. The van der Waals surface area contributed by atoms with Gasteiger partial charge in [-0.3, -0.25) is 0 Å². The molecule has 0 radical (unpaired) electrons. The van der Waals surface area contributed by atoms with Gasteiger partial charge in [-0.25, -0.2) is 9.97 Å². The summed E-state index contributed by atoms with van der Waals surface area (Å²) in [5.41, 5.74) is 0. The lowest BCUT2D eigenvalue weighted by Gasteiger charge is -2.21. The van der Waals surface area contributed by atoms with Crippen LogP contribution in [0, 0.1) is 0 Å². The van der Waals surface area contributed by atoms with Gasteiger partial charge in [0.05, 0.1) is 7.11 Å². The second-order valence-electron chi connectivity index (χ2n) is 3.49. The fraction of sp³-hybridized carbons (Fsp3) is 0.600. The molecule has 4 nitrogen and oxygen atoms in total. The van der Waals surface area contributed by atoms with Crippen LogP contribution in [-0.4, -0.2) is 46.1 Å². The number of methoxy groups -OCH3 is 1. The Morgan fingerprint density at radius 1 is 1.53 bits per heavy atom. The van der Waals surface area contributed by atoms with Crippen LogP contribution in [0.5, 0.6) is 5.75 Å². The zero-order chi connectivity index (χ0) is 12.1. The molecule has 2 heterocycles. The zero-order valence-electron chi connectivity index (χ0n) is 9.48. The molecule has 7 heteroatoms. The first-order valence-electron chi connectivity index (χ1n) is 5.29. The Morgan fingerprint density at radius 2 is 2.41 bits per heavy atom. The van der Waals surface area contributed by atoms with Crippen LogP contribution < -0.4 is 10.1 Å². The molecule has 0 spiro atoms. The molecule has 2 rings (SSSR count). The van der Waals surface area contributed by atoms with Crippen molar-refractivity contribution in [3.05, 3.63) is 11.5 Å². The van der Waals surface area contributed by atoms with E-state index >= 15 is 0 Å². The van der Waals surface area contributed by atoms with Crippen LogP contribution in [0.25, 0.3) is 0 Å². The van der Waals surface area contributed by atoms with Gasteiger partial charge in [0.15, 0.2) is 16.7 Å². The SMILES string of the molecule is COc1c(Cl)ncnc1NCC1CSCCS1. The number of thioether (sulfide) groups is 2. The summed E-state index contributed by atoms with van der Waals surface area (Å²) >= 11 is 9.93. The Balaban J connectivity index is 1.95. The second kappa shape index (κ2) is 6.56. The minimum absolute atomic E-state index is 0.343. The Kier molecular flexibility index (Phi) is 5.06. The standard InChI is InChI=1S/C10H14ClN3OS2/c1-15-8-9(11)13-6-14-10(8)12-4-7-5-16-2-3-17-7/h6-7H,2-5H2,1H3,(H,12,13,14). The predicted octanol–water partition coefficient (Wildman–Crippen LogP) is 2.40. The Bertz CT molecular complexity index is 375. The third-order valence-corrected chi connectivity index (χ3v) is 5.46. The molecule has 0 bridgehead atoms. The van der Waals surface area contributed by atoms with Crippen molar-refractivity contribution in [2.45, 2.75) is 5.25 Å². The highest BCUT2D eigenvalue weighted by Crippen LogP contribution is 2.29. The average Bonchev–Trinajstić information content (AvgIpc) is 2.37. The lowest BCUT2D eigenvalue weighted by Crippen LogP contribution is -2.23. The summed E-state index contributed by atoms with van der Waals surface area (Å²) in [7, 11) is 1.57. The number of anilines is 1. The molecule has 0 saturated carbocycles. The van der Waals surface area contributed by atoms with E-state index < -0.39 is 0 Å². The third-order valence-electron chi connectivity index (χ3n) is 2.35. The van der Waals surface area contributed by atoms with Gasteiger partial charge in [-0.05, 0) is 0 Å². The van der Waals surface area contributed by atoms with Gasteiger partial charge in [0.2, 0.25) is 0 Å². The van der Waals surface area contributed by atoms with Crippen LogP contribution >= 0.6 is 35.1 Å². The van der Waals surface area contributed by atoms with Crippen molar-refractivity contribution in [1.82, 2.24) is 9.97 Å². The first kappa shape index (κ1) is 13.1. The van der Waals surface area contributed by atoms with E-state index in [0.717, 1.165) is 6.54 Å². The van der Waals surface area contributed by atoms with E-state index in [2.05, 4.69) is 15.3 Å². The van der Waals surface area contributed by atoms with E-state index in [1.165, 1.54) is 23.6 Å². The molecule has 1 fully saturated rings. The Hall–Kier alpha value is -0.330. The van der Waals surface area contributed by atoms with Gasteiger partial charge in [0.25, 0.3) is 0 Å². The highest BCUT2D eigenvalue weighted by Gasteiger charge is 2.16. The predicted molar refractivity (Wildman–Crippen MR) is 75.7 cm³/mol. The van der Waals surface area contributed by atoms with Gasteiger partial charge in [0, 0.05) is 29.1 Å². The van der Waals surface area contributed by atoms with E-state index in [9.17, 15) is 0 Å². The number of nitrogens with one attached hydrogen (secondary N) is 1. The van der Waals surface area contributed by atoms with Crippen LogP contribution in [0.15, 0.2) is 6.33 Å². The van der Waals surface area contributed by atoms with Crippen molar-refractivity contribution in [3.8, 4) is 5.75 Å². The molecule has 1 aromatic heterocycles. The van der Waals surface area contributed by atoms with Crippen molar-refractivity contribution in [1.29, 1.82) is 0 Å². The zero-order valence-corrected chi connectivity index (χ0v) is 11.9. The summed E-state index contributed by atoms with van der Waals surface area (Å²) in [5, 5.41) is 4.24. The number of hydrogen-bond donors (Lipinski definition) is 1. The lowest BCUT2D eigenvalue weighted by atomic mass is 10.4. The number of ether oxygens (including phenoxy) is 1. The Labute approximate surface area is 114 Å². The first-order chi connectivity index (χ1) is 8.31. The molecule has 1 atom stereocenters. The van der Waals surface area contributed by atoms with Gasteiger partial charge in [-0.2, -0.15) is 23.5 Å². The smallest absolute Gasteiger partial charge is 0.198 e. The minimum atomic E-state index is 0.343. The van der Waals surface area contributed by atoms with E-state index in [1.807, 2.05) is 23.5 Å². The number of aromatic nitrogens is 2. The summed E-state index contributed by atoms with van der Waals surface area (Å²) in [6, 6.07) is 0. The molecular formula is C10H14ClN3OS2. The topological polar surface area (TPSA) is 47.0 Å². The van der Waals surface area contributed by atoms with Crippen LogP contribution in [0.1, 0.15) is 0 Å². The molecule has 0 aromatic carbocycles. The Morgan fingerprint density at radius 3 is 3.12 bits per heavy atom. The molecule has 94 valence electrons. The molecular weight excluding hydrogens is 278 g/mol. The lowest BCUT2D eigenvalue weighted by molar-refractivity contribution is 0.413. The maximum atomic E-state index is 5.93. The van der Waals surface area contributed by atoms with E-state index in [0.29, 0.717) is 22.0 Å². The largest absolute Gasteiger partial charge is 0.490 e. The van der Waals surface area contributed by atoms with Crippen molar-refractivity contribution < 1.29 is 4.74 Å². The van der Waals surface area contributed by atoms with Crippen LogP contribution in [0.2, 0.25) is 5.15 Å². The van der Waals surface area contributed by atoms with E-state index in [1.54, 1.807) is 7.11 Å². The number of rotatable bonds is 4. The number of nitrogens with zero attached hydrogens (tertiary/aromatic N) is 2. The maximum Gasteiger partial charge on any atom is 0.198 e. The summed E-state index contributed by atoms with van der Waals surface area (Å²) in [5.74, 6) is 4.84. The van der Waals surface area contributed by atoms with Crippen LogP contribution in [-0.2, 0) is 0 Å². The molecule has 0 amide bonds. The van der Waals surface area contributed by atoms with E-state index in [4.69, 9.17) is 16.3 Å². The molecule has 1 unspecified atom stereocenters. The summed E-state index contributed by atoms with van der Waals surface area (Å²) in [4.78, 5) is 8.03. The average molecular weight is 292 g/mol. The van der Waals surface area contributed by atoms with Gasteiger partial charge in [-0.15, -0.1) is 0 Å². The third kappa shape index (κ3) is 3.56. The molecule has 17 heavy (non-hydrogen) atoms. The molecule has 1 aliphatic heterocycles. The monoisotopic (exact) mass is 291 g/mol. The fourth-order valence-corrected chi connectivity index (χ4v) is 4.35. The summed E-state index contributed by atoms with van der Waals surface area (Å²) in [6.45, 7) is 0.876. The maximum absolute atomic E-state index is 5.93. The second-order valence-corrected chi connectivity index (χ2v) is 6.41. The van der Waals surface area contributed by atoms with Crippen molar-refractivity contribution in [2.75, 3.05) is 36.2 Å². The fourth-order valence-electron chi connectivity index (χ4n) is 1.52. The van der Waals surface area contributed by atoms with Crippen molar-refractivity contribution in [3.63, 3.8) is 0 Å². The number of halogens is 1. The van der Waals surface area contributed by atoms with E-state index in [-0.39, 0.29) is 0 Å². The minimum Gasteiger partial charge on any atom is -0.490 e. The van der Waals surface area contributed by atoms with Crippen molar-refractivity contribution in [2.24, 2.45) is 0 Å². The van der Waals surface area contributed by atoms with Crippen LogP contribution in [0.4, 0.5) is 5.82 Å². The quantitative estimate of drug-likeness (QED) is 0.860. The normalized spacial score (nSPS) is 20.0. The molecule has 1 N–H and O–H groups in total. The highest BCUT2D eigenvalue weighted by molar-refractivity contribution is 8.06. The van der Waals surface area contributed by atoms with Gasteiger partial charge in [0.1, 0.15) is 6.33 Å². The van der Waals surface area contributed by atoms with Gasteiger partial charge in [-0.1, -0.05) is 11.6 Å². The van der Waals surface area contributed by atoms with Crippen LogP contribution in [0.3, 0.4) is 0 Å². The summed E-state index contributed by atoms with van der Waals surface area (Å²) in [6.07, 6.45) is 1.44. The van der Waals surface area contributed by atoms with Crippen molar-refractivity contribution >= 4 is 40.9 Å². The highest BCUT2D eigenvalue weighted by atomic mass is 35.5.